The van der Waals surface area contributed by atoms with E-state index in [4.69, 9.17) is 4.74 Å². The van der Waals surface area contributed by atoms with Gasteiger partial charge in [-0.05, 0) is 55.1 Å². The van der Waals surface area contributed by atoms with Gasteiger partial charge in [-0.1, -0.05) is 0 Å². The van der Waals surface area contributed by atoms with Gasteiger partial charge < -0.3 is 14.2 Å². The Balaban J connectivity index is 1.57. The van der Waals surface area contributed by atoms with Gasteiger partial charge in [0.15, 0.2) is 6.61 Å². The molecular formula is C18H22N2O3S. The van der Waals surface area contributed by atoms with Crippen LogP contribution in [0.25, 0.3) is 0 Å². The lowest BCUT2D eigenvalue weighted by Crippen LogP contribution is -2.30. The highest BCUT2D eigenvalue weighted by Crippen LogP contribution is 2.38. The molecule has 24 heavy (non-hydrogen) atoms. The molecule has 2 heterocycles. The second kappa shape index (κ2) is 6.81. The lowest BCUT2D eigenvalue weighted by molar-refractivity contribution is -0.133. The van der Waals surface area contributed by atoms with E-state index < -0.39 is 5.97 Å². The van der Waals surface area contributed by atoms with Crippen molar-refractivity contribution in [2.75, 3.05) is 13.7 Å². The van der Waals surface area contributed by atoms with Crippen molar-refractivity contribution >= 4 is 23.2 Å². The SMILES string of the molecule is Cc1cc(C(=O)OCC(=O)N(C)Cc2ccsc2)c(C)n1C1CC1. The van der Waals surface area contributed by atoms with Crippen molar-refractivity contribution in [3.05, 3.63) is 45.4 Å². The summed E-state index contributed by atoms with van der Waals surface area (Å²) in [5.41, 5.74) is 3.64. The molecule has 2 aromatic heterocycles. The summed E-state index contributed by atoms with van der Waals surface area (Å²) in [5.74, 6) is -0.627. The fourth-order valence-corrected chi connectivity index (χ4v) is 3.60. The first-order chi connectivity index (χ1) is 11.5. The molecule has 0 aliphatic heterocycles. The van der Waals surface area contributed by atoms with Gasteiger partial charge in [0, 0.05) is 31.0 Å². The van der Waals surface area contributed by atoms with Gasteiger partial charge in [-0.25, -0.2) is 4.79 Å². The third-order valence-corrected chi connectivity index (χ3v) is 5.10. The van der Waals surface area contributed by atoms with E-state index in [9.17, 15) is 9.59 Å². The lowest BCUT2D eigenvalue weighted by Gasteiger charge is -2.16. The average Bonchev–Trinajstić information content (AvgIpc) is 3.16. The minimum Gasteiger partial charge on any atom is -0.452 e. The molecule has 0 bridgehead atoms. The summed E-state index contributed by atoms with van der Waals surface area (Å²) in [7, 11) is 1.72. The van der Waals surface area contributed by atoms with E-state index in [1.807, 2.05) is 36.7 Å². The van der Waals surface area contributed by atoms with Crippen molar-refractivity contribution in [1.29, 1.82) is 0 Å². The quantitative estimate of drug-likeness (QED) is 0.754. The van der Waals surface area contributed by atoms with E-state index >= 15 is 0 Å². The van der Waals surface area contributed by atoms with Gasteiger partial charge in [0.1, 0.15) is 0 Å². The molecule has 1 fully saturated rings. The number of likely N-dealkylation sites (N-methyl/N-ethyl adjacent to an activating group) is 1. The zero-order valence-corrected chi connectivity index (χ0v) is 15.1. The molecule has 0 saturated heterocycles. The zero-order chi connectivity index (χ0) is 17.3. The van der Waals surface area contributed by atoms with Crippen molar-refractivity contribution in [2.45, 2.75) is 39.3 Å². The molecule has 3 rings (SSSR count). The van der Waals surface area contributed by atoms with Crippen LogP contribution >= 0.6 is 11.3 Å². The molecule has 0 N–H and O–H groups in total. The minimum atomic E-state index is -0.424. The first kappa shape index (κ1) is 16.8. The first-order valence-corrected chi connectivity index (χ1v) is 9.02. The monoisotopic (exact) mass is 346 g/mol. The largest absolute Gasteiger partial charge is 0.452 e. The van der Waals surface area contributed by atoms with E-state index in [1.54, 1.807) is 23.3 Å². The number of carbonyl (C=O) groups is 2. The van der Waals surface area contributed by atoms with Crippen molar-refractivity contribution in [1.82, 2.24) is 9.47 Å². The number of rotatable bonds is 6. The molecule has 5 nitrogen and oxygen atoms in total. The van der Waals surface area contributed by atoms with Crippen LogP contribution in [0.5, 0.6) is 0 Å². The third kappa shape index (κ3) is 3.53. The molecule has 1 saturated carbocycles. The number of ether oxygens (including phenoxy) is 1. The van der Waals surface area contributed by atoms with E-state index in [0.29, 0.717) is 18.2 Å². The summed E-state index contributed by atoms with van der Waals surface area (Å²) < 4.78 is 7.43. The molecule has 0 atom stereocenters. The van der Waals surface area contributed by atoms with Crippen molar-refractivity contribution in [2.24, 2.45) is 0 Å². The van der Waals surface area contributed by atoms with E-state index in [0.717, 1.165) is 29.8 Å². The van der Waals surface area contributed by atoms with Crippen LogP contribution in [-0.4, -0.2) is 35.0 Å². The minimum absolute atomic E-state index is 0.203. The highest BCUT2D eigenvalue weighted by atomic mass is 32.1. The van der Waals surface area contributed by atoms with Crippen LogP contribution < -0.4 is 0 Å². The second-order valence-corrected chi connectivity index (χ2v) is 7.12. The number of hydrogen-bond acceptors (Lipinski definition) is 4. The van der Waals surface area contributed by atoms with Crippen LogP contribution in [0.2, 0.25) is 0 Å². The Hall–Kier alpha value is -2.08. The Morgan fingerprint density at radius 1 is 1.38 bits per heavy atom. The Labute approximate surface area is 145 Å². The predicted molar refractivity (Wildman–Crippen MR) is 93.3 cm³/mol. The fourth-order valence-electron chi connectivity index (χ4n) is 2.94. The predicted octanol–water partition coefficient (Wildman–Crippen LogP) is 3.32. The normalized spacial score (nSPS) is 13.8. The number of thiophene rings is 1. The van der Waals surface area contributed by atoms with Crippen LogP contribution in [0.1, 0.15) is 46.2 Å². The summed E-state index contributed by atoms with van der Waals surface area (Å²) in [5, 5.41) is 3.98. The van der Waals surface area contributed by atoms with Crippen molar-refractivity contribution in [3.63, 3.8) is 0 Å². The molecule has 1 aliphatic carbocycles. The van der Waals surface area contributed by atoms with E-state index in [2.05, 4.69) is 4.57 Å². The second-order valence-electron chi connectivity index (χ2n) is 6.34. The molecule has 128 valence electrons. The number of aryl methyl sites for hydroxylation is 1. The maximum absolute atomic E-state index is 12.3. The maximum atomic E-state index is 12.3. The Kier molecular flexibility index (Phi) is 4.76. The molecule has 1 aliphatic rings. The van der Waals surface area contributed by atoms with Crippen molar-refractivity contribution < 1.29 is 14.3 Å². The van der Waals surface area contributed by atoms with Gasteiger partial charge in [0.2, 0.25) is 0 Å². The number of esters is 1. The summed E-state index contributed by atoms with van der Waals surface area (Å²) >= 11 is 1.60. The van der Waals surface area contributed by atoms with Crippen LogP contribution in [0.15, 0.2) is 22.9 Å². The summed E-state index contributed by atoms with van der Waals surface area (Å²) in [6, 6.07) is 4.35. The molecule has 6 heteroatoms. The van der Waals surface area contributed by atoms with E-state index in [-0.39, 0.29) is 12.5 Å². The Morgan fingerprint density at radius 3 is 2.75 bits per heavy atom. The molecule has 0 unspecified atom stereocenters. The molecule has 0 spiro atoms. The summed E-state index contributed by atoms with van der Waals surface area (Å²) in [6.45, 7) is 4.23. The van der Waals surface area contributed by atoms with Crippen molar-refractivity contribution in [3.8, 4) is 0 Å². The van der Waals surface area contributed by atoms with Gasteiger partial charge in [0.25, 0.3) is 5.91 Å². The Morgan fingerprint density at radius 2 is 2.12 bits per heavy atom. The average molecular weight is 346 g/mol. The number of aromatic nitrogens is 1. The third-order valence-electron chi connectivity index (χ3n) is 4.37. The summed E-state index contributed by atoms with van der Waals surface area (Å²) in [6.07, 6.45) is 2.33. The number of carbonyl (C=O) groups excluding carboxylic acids is 2. The highest BCUT2D eigenvalue weighted by molar-refractivity contribution is 7.07. The van der Waals surface area contributed by atoms with Gasteiger partial charge in [-0.2, -0.15) is 11.3 Å². The van der Waals surface area contributed by atoms with Gasteiger partial charge in [0.05, 0.1) is 5.56 Å². The fraction of sp³-hybridized carbons (Fsp3) is 0.444. The first-order valence-electron chi connectivity index (χ1n) is 8.08. The highest BCUT2D eigenvalue weighted by Gasteiger charge is 2.29. The van der Waals surface area contributed by atoms with Gasteiger partial charge in [-0.3, -0.25) is 4.79 Å². The maximum Gasteiger partial charge on any atom is 0.340 e. The van der Waals surface area contributed by atoms with Crippen LogP contribution in [-0.2, 0) is 16.1 Å². The van der Waals surface area contributed by atoms with E-state index in [1.165, 1.54) is 0 Å². The topological polar surface area (TPSA) is 51.5 Å². The molecule has 0 aromatic carbocycles. The van der Waals surface area contributed by atoms with Crippen LogP contribution in [0.4, 0.5) is 0 Å². The van der Waals surface area contributed by atoms with Gasteiger partial charge in [-0.15, -0.1) is 0 Å². The molecule has 0 radical (unpaired) electrons. The smallest absolute Gasteiger partial charge is 0.340 e. The standard InChI is InChI=1S/C18H22N2O3S/c1-12-8-16(13(2)20(12)15-4-5-15)18(22)23-10-17(21)19(3)9-14-6-7-24-11-14/h6-8,11,15H,4-5,9-10H2,1-3H3. The van der Waals surface area contributed by atoms with Crippen LogP contribution in [0, 0.1) is 13.8 Å². The number of amides is 1. The molecule has 2 aromatic rings. The lowest BCUT2D eigenvalue weighted by atomic mass is 10.2. The van der Waals surface area contributed by atoms with Crippen LogP contribution in [0.3, 0.4) is 0 Å². The van der Waals surface area contributed by atoms with Gasteiger partial charge >= 0.3 is 5.97 Å². The summed E-state index contributed by atoms with van der Waals surface area (Å²) in [4.78, 5) is 26.0. The number of hydrogen-bond donors (Lipinski definition) is 0. The zero-order valence-electron chi connectivity index (χ0n) is 14.2. The Bertz CT molecular complexity index is 745. The molecular weight excluding hydrogens is 324 g/mol. The number of nitrogens with zero attached hydrogens (tertiary/aromatic N) is 2. The molecule has 1 amide bonds.